The first kappa shape index (κ1) is 13.2. The molecule has 0 fully saturated rings. The Balaban J connectivity index is 2.03. The third-order valence-corrected chi connectivity index (χ3v) is 2.75. The maximum absolute atomic E-state index is 5.70. The molecule has 0 unspecified atom stereocenters. The van der Waals surface area contributed by atoms with Crippen molar-refractivity contribution < 1.29 is 9.47 Å². The van der Waals surface area contributed by atoms with E-state index in [4.69, 9.17) is 9.47 Å². The fourth-order valence-electron chi connectivity index (χ4n) is 1.77. The zero-order valence-electron chi connectivity index (χ0n) is 11.4. The Hall–Kier alpha value is -2.23. The van der Waals surface area contributed by atoms with Gasteiger partial charge >= 0.3 is 0 Å². The van der Waals surface area contributed by atoms with Crippen molar-refractivity contribution in [2.75, 3.05) is 19.5 Å². The van der Waals surface area contributed by atoms with Crippen molar-refractivity contribution in [2.45, 2.75) is 13.5 Å². The summed E-state index contributed by atoms with van der Waals surface area (Å²) in [4.78, 5) is 4.41. The first-order valence-corrected chi connectivity index (χ1v) is 6.13. The summed E-state index contributed by atoms with van der Waals surface area (Å²) in [5.74, 6) is 1.62. The summed E-state index contributed by atoms with van der Waals surface area (Å²) in [6.07, 6.45) is 0. The zero-order chi connectivity index (χ0) is 13.7. The molecule has 0 spiro atoms. The number of rotatable bonds is 5. The fraction of sp³-hybridized carbons (Fsp3) is 0.267. The highest BCUT2D eigenvalue weighted by molar-refractivity contribution is 5.45. The SMILES string of the molecule is CNc1ccc(OCc2cc(OC)cc(C)n2)cc1. The molecule has 100 valence electrons. The highest BCUT2D eigenvalue weighted by atomic mass is 16.5. The van der Waals surface area contributed by atoms with Crippen LogP contribution in [0.2, 0.25) is 0 Å². The van der Waals surface area contributed by atoms with Crippen LogP contribution < -0.4 is 14.8 Å². The third kappa shape index (κ3) is 3.61. The highest BCUT2D eigenvalue weighted by Gasteiger charge is 2.02. The van der Waals surface area contributed by atoms with Gasteiger partial charge in [0.1, 0.15) is 18.1 Å². The van der Waals surface area contributed by atoms with Gasteiger partial charge in [0, 0.05) is 30.6 Å². The fourth-order valence-corrected chi connectivity index (χ4v) is 1.77. The highest BCUT2D eigenvalue weighted by Crippen LogP contribution is 2.18. The average Bonchev–Trinajstić information content (AvgIpc) is 2.45. The van der Waals surface area contributed by atoms with Gasteiger partial charge in [0.2, 0.25) is 0 Å². The number of benzene rings is 1. The van der Waals surface area contributed by atoms with Crippen LogP contribution in [0.25, 0.3) is 0 Å². The van der Waals surface area contributed by atoms with Crippen molar-refractivity contribution in [2.24, 2.45) is 0 Å². The Morgan fingerprint density at radius 2 is 1.84 bits per heavy atom. The number of hydrogen-bond acceptors (Lipinski definition) is 4. The van der Waals surface area contributed by atoms with Crippen LogP contribution in [-0.4, -0.2) is 19.1 Å². The molecule has 0 bridgehead atoms. The van der Waals surface area contributed by atoms with Crippen LogP contribution in [-0.2, 0) is 6.61 Å². The molecule has 1 aromatic carbocycles. The van der Waals surface area contributed by atoms with Crippen molar-refractivity contribution in [3.63, 3.8) is 0 Å². The van der Waals surface area contributed by atoms with Crippen molar-refractivity contribution in [3.8, 4) is 11.5 Å². The molecule has 0 saturated carbocycles. The summed E-state index contributed by atoms with van der Waals surface area (Å²) < 4.78 is 10.9. The van der Waals surface area contributed by atoms with E-state index in [2.05, 4.69) is 10.3 Å². The Morgan fingerprint density at radius 3 is 2.47 bits per heavy atom. The molecule has 4 heteroatoms. The molecule has 0 aliphatic carbocycles. The summed E-state index contributed by atoms with van der Waals surface area (Å²) in [5.41, 5.74) is 2.83. The molecule has 2 aromatic rings. The van der Waals surface area contributed by atoms with Gasteiger partial charge in [-0.15, -0.1) is 0 Å². The first-order valence-electron chi connectivity index (χ1n) is 6.13. The van der Waals surface area contributed by atoms with E-state index in [1.54, 1.807) is 7.11 Å². The van der Waals surface area contributed by atoms with Crippen molar-refractivity contribution in [3.05, 3.63) is 47.8 Å². The maximum Gasteiger partial charge on any atom is 0.130 e. The van der Waals surface area contributed by atoms with Crippen molar-refractivity contribution >= 4 is 5.69 Å². The molecule has 4 nitrogen and oxygen atoms in total. The molecule has 0 aliphatic heterocycles. The van der Waals surface area contributed by atoms with Crippen LogP contribution in [0.5, 0.6) is 11.5 Å². The second-order valence-electron chi connectivity index (χ2n) is 4.20. The molecule has 1 N–H and O–H groups in total. The topological polar surface area (TPSA) is 43.4 Å². The van der Waals surface area contributed by atoms with Gasteiger partial charge in [0.15, 0.2) is 0 Å². The van der Waals surface area contributed by atoms with Crippen LogP contribution in [0.4, 0.5) is 5.69 Å². The molecular formula is C15H18N2O2. The zero-order valence-corrected chi connectivity index (χ0v) is 11.4. The minimum atomic E-state index is 0.428. The maximum atomic E-state index is 5.70. The molecule has 19 heavy (non-hydrogen) atoms. The second-order valence-corrected chi connectivity index (χ2v) is 4.20. The van der Waals surface area contributed by atoms with Gasteiger partial charge in [-0.05, 0) is 31.2 Å². The molecule has 0 saturated heterocycles. The number of aromatic nitrogens is 1. The molecule has 0 radical (unpaired) electrons. The van der Waals surface area contributed by atoms with Crippen LogP contribution in [0, 0.1) is 6.92 Å². The molecule has 1 heterocycles. The van der Waals surface area contributed by atoms with E-state index in [1.165, 1.54) is 0 Å². The smallest absolute Gasteiger partial charge is 0.130 e. The lowest BCUT2D eigenvalue weighted by atomic mass is 10.3. The van der Waals surface area contributed by atoms with Gasteiger partial charge in [-0.1, -0.05) is 0 Å². The summed E-state index contributed by atoms with van der Waals surface area (Å²) in [5, 5.41) is 3.07. The summed E-state index contributed by atoms with van der Waals surface area (Å²) in [6.45, 7) is 2.37. The van der Waals surface area contributed by atoms with E-state index in [-0.39, 0.29) is 0 Å². The molecule has 1 aromatic heterocycles. The predicted molar refractivity (Wildman–Crippen MR) is 75.8 cm³/mol. The third-order valence-electron chi connectivity index (χ3n) is 2.75. The number of anilines is 1. The molecule has 0 atom stereocenters. The lowest BCUT2D eigenvalue weighted by molar-refractivity contribution is 0.300. The van der Waals surface area contributed by atoms with Gasteiger partial charge in [-0.2, -0.15) is 0 Å². The molecule has 0 aliphatic rings. The molecular weight excluding hydrogens is 240 g/mol. The van der Waals surface area contributed by atoms with Crippen LogP contribution in [0.3, 0.4) is 0 Å². The quantitative estimate of drug-likeness (QED) is 0.895. The van der Waals surface area contributed by atoms with Gasteiger partial charge in [0.25, 0.3) is 0 Å². The Labute approximate surface area is 113 Å². The molecule has 2 rings (SSSR count). The lowest BCUT2D eigenvalue weighted by Crippen LogP contribution is -2.00. The molecule has 0 amide bonds. The van der Waals surface area contributed by atoms with Crippen LogP contribution in [0.1, 0.15) is 11.4 Å². The predicted octanol–water partition coefficient (Wildman–Crippen LogP) is 3.02. The average molecular weight is 258 g/mol. The number of pyridine rings is 1. The summed E-state index contributed by atoms with van der Waals surface area (Å²) in [6, 6.07) is 11.6. The first-order chi connectivity index (χ1) is 9.21. The van der Waals surface area contributed by atoms with E-state index >= 15 is 0 Å². The largest absolute Gasteiger partial charge is 0.497 e. The number of nitrogens with zero attached hydrogens (tertiary/aromatic N) is 1. The normalized spacial score (nSPS) is 10.1. The van der Waals surface area contributed by atoms with Crippen molar-refractivity contribution in [1.82, 2.24) is 4.98 Å². The number of ether oxygens (including phenoxy) is 2. The Bertz CT molecular complexity index is 538. The summed E-state index contributed by atoms with van der Waals surface area (Å²) in [7, 11) is 3.54. The number of aryl methyl sites for hydroxylation is 1. The van der Waals surface area contributed by atoms with Crippen LogP contribution >= 0.6 is 0 Å². The van der Waals surface area contributed by atoms with Gasteiger partial charge in [-0.25, -0.2) is 0 Å². The van der Waals surface area contributed by atoms with E-state index in [0.29, 0.717) is 6.61 Å². The minimum Gasteiger partial charge on any atom is -0.497 e. The summed E-state index contributed by atoms with van der Waals surface area (Å²) >= 11 is 0. The van der Waals surface area contributed by atoms with Gasteiger partial charge < -0.3 is 14.8 Å². The second kappa shape index (κ2) is 6.09. The Morgan fingerprint density at radius 1 is 1.11 bits per heavy atom. The lowest BCUT2D eigenvalue weighted by Gasteiger charge is -2.09. The monoisotopic (exact) mass is 258 g/mol. The Kier molecular flexibility index (Phi) is 4.23. The number of methoxy groups -OCH3 is 1. The number of nitrogens with one attached hydrogen (secondary N) is 1. The minimum absolute atomic E-state index is 0.428. The van der Waals surface area contributed by atoms with Gasteiger partial charge in [-0.3, -0.25) is 4.98 Å². The van der Waals surface area contributed by atoms with Crippen LogP contribution in [0.15, 0.2) is 36.4 Å². The van der Waals surface area contributed by atoms with E-state index in [9.17, 15) is 0 Å². The standard InChI is InChI=1S/C15H18N2O2/c1-11-8-15(18-3)9-13(17-11)10-19-14-6-4-12(16-2)5-7-14/h4-9,16H,10H2,1-3H3. The van der Waals surface area contributed by atoms with Crippen molar-refractivity contribution in [1.29, 1.82) is 0 Å². The van der Waals surface area contributed by atoms with E-state index in [0.717, 1.165) is 28.6 Å². The van der Waals surface area contributed by atoms with E-state index < -0.39 is 0 Å². The van der Waals surface area contributed by atoms with Gasteiger partial charge in [0.05, 0.1) is 12.8 Å². The number of hydrogen-bond donors (Lipinski definition) is 1. The van der Waals surface area contributed by atoms with E-state index in [1.807, 2.05) is 50.4 Å².